The Balaban J connectivity index is 1.90. The van der Waals surface area contributed by atoms with Gasteiger partial charge in [-0.2, -0.15) is 0 Å². The predicted molar refractivity (Wildman–Crippen MR) is 63.3 cm³/mol. The highest BCUT2D eigenvalue weighted by Gasteiger charge is 2.72. The zero-order valence-electron chi connectivity index (χ0n) is 11.0. The molecule has 2 aliphatic carbocycles. The molecule has 0 unspecified atom stereocenters. The van der Waals surface area contributed by atoms with Gasteiger partial charge in [0, 0.05) is 18.9 Å². The van der Waals surface area contributed by atoms with Crippen molar-refractivity contribution < 1.29 is 9.47 Å². The monoisotopic (exact) mass is 224 g/mol. The Kier molecular flexibility index (Phi) is 2.23. The van der Waals surface area contributed by atoms with Crippen LogP contribution in [0.1, 0.15) is 46.5 Å². The minimum atomic E-state index is 0.178. The van der Waals surface area contributed by atoms with Crippen molar-refractivity contribution in [1.82, 2.24) is 0 Å². The average Bonchev–Trinajstić information content (AvgIpc) is 2.95. The number of ether oxygens (including phenoxy) is 2. The molecule has 1 aliphatic heterocycles. The lowest BCUT2D eigenvalue weighted by Crippen LogP contribution is -2.53. The van der Waals surface area contributed by atoms with Crippen molar-refractivity contribution in [2.75, 3.05) is 7.11 Å². The van der Waals surface area contributed by atoms with Gasteiger partial charge < -0.3 is 9.47 Å². The molecule has 2 nitrogen and oxygen atoms in total. The third kappa shape index (κ3) is 1.15. The quantitative estimate of drug-likeness (QED) is 0.639. The maximum Gasteiger partial charge on any atom is 0.103 e. The summed E-state index contributed by atoms with van der Waals surface area (Å²) in [5.74, 6) is 1.59. The van der Waals surface area contributed by atoms with E-state index in [-0.39, 0.29) is 5.60 Å². The number of hydrogen-bond donors (Lipinski definition) is 0. The van der Waals surface area contributed by atoms with Gasteiger partial charge >= 0.3 is 0 Å². The van der Waals surface area contributed by atoms with E-state index in [0.29, 0.717) is 17.6 Å². The molecular weight excluding hydrogens is 200 g/mol. The van der Waals surface area contributed by atoms with Gasteiger partial charge in [-0.25, -0.2) is 0 Å². The Hall–Kier alpha value is -0.0800. The average molecular weight is 224 g/mol. The Labute approximate surface area is 98.7 Å². The third-order valence-electron chi connectivity index (χ3n) is 6.08. The lowest BCUT2D eigenvalue weighted by Gasteiger charge is -2.51. The van der Waals surface area contributed by atoms with Gasteiger partial charge in [0.15, 0.2) is 0 Å². The summed E-state index contributed by atoms with van der Waals surface area (Å²) in [6.07, 6.45) is 5.82. The van der Waals surface area contributed by atoms with Gasteiger partial charge in [0.1, 0.15) is 5.60 Å². The molecule has 92 valence electrons. The number of epoxide rings is 1. The topological polar surface area (TPSA) is 21.8 Å². The molecule has 0 radical (unpaired) electrons. The summed E-state index contributed by atoms with van der Waals surface area (Å²) in [7, 11) is 1.84. The van der Waals surface area contributed by atoms with Crippen LogP contribution in [-0.4, -0.2) is 24.9 Å². The van der Waals surface area contributed by atoms with E-state index in [0.717, 1.165) is 18.3 Å². The lowest BCUT2D eigenvalue weighted by atomic mass is 9.52. The van der Waals surface area contributed by atoms with Gasteiger partial charge in [0.05, 0.1) is 12.2 Å². The van der Waals surface area contributed by atoms with Crippen LogP contribution in [0.15, 0.2) is 0 Å². The molecule has 0 aromatic carbocycles. The fraction of sp³-hybridized carbons (Fsp3) is 1.00. The van der Waals surface area contributed by atoms with Gasteiger partial charge in [-0.15, -0.1) is 0 Å². The molecule has 2 saturated carbocycles. The predicted octanol–water partition coefficient (Wildman–Crippen LogP) is 3.01. The molecule has 0 bridgehead atoms. The van der Waals surface area contributed by atoms with Gasteiger partial charge in [0.2, 0.25) is 0 Å². The van der Waals surface area contributed by atoms with E-state index in [9.17, 15) is 0 Å². The van der Waals surface area contributed by atoms with Crippen molar-refractivity contribution in [2.45, 2.75) is 64.3 Å². The molecule has 1 spiro atoms. The molecule has 0 aromatic heterocycles. The van der Waals surface area contributed by atoms with Crippen molar-refractivity contribution in [3.05, 3.63) is 0 Å². The van der Waals surface area contributed by atoms with Crippen LogP contribution in [0.3, 0.4) is 0 Å². The molecule has 3 fully saturated rings. The second-order valence-electron chi connectivity index (χ2n) is 6.52. The number of methoxy groups -OCH3 is 1. The van der Waals surface area contributed by atoms with Crippen LogP contribution in [0.2, 0.25) is 0 Å². The van der Waals surface area contributed by atoms with Crippen LogP contribution in [-0.2, 0) is 9.47 Å². The van der Waals surface area contributed by atoms with Crippen molar-refractivity contribution in [1.29, 1.82) is 0 Å². The van der Waals surface area contributed by atoms with Crippen LogP contribution in [0, 0.1) is 17.3 Å². The largest absolute Gasteiger partial charge is 0.381 e. The molecule has 6 atom stereocenters. The summed E-state index contributed by atoms with van der Waals surface area (Å²) in [5.41, 5.74) is 0.572. The maximum absolute atomic E-state index is 6.17. The molecule has 1 heterocycles. The highest BCUT2D eigenvalue weighted by atomic mass is 16.6. The van der Waals surface area contributed by atoms with E-state index >= 15 is 0 Å². The second-order valence-corrected chi connectivity index (χ2v) is 6.52. The fourth-order valence-electron chi connectivity index (χ4n) is 4.47. The van der Waals surface area contributed by atoms with Crippen LogP contribution in [0.25, 0.3) is 0 Å². The summed E-state index contributed by atoms with van der Waals surface area (Å²) in [6.45, 7) is 7.28. The Morgan fingerprint density at radius 2 is 2.06 bits per heavy atom. The summed E-state index contributed by atoms with van der Waals surface area (Å²) in [6, 6.07) is 0. The van der Waals surface area contributed by atoms with E-state index in [1.54, 1.807) is 0 Å². The van der Waals surface area contributed by atoms with Crippen molar-refractivity contribution in [2.24, 2.45) is 17.3 Å². The Bertz CT molecular complexity index is 303. The normalized spacial score (nSPS) is 60.0. The standard InChI is InChI=1S/C14H24O2/c1-9-7-12-14(16-12)8-11(15-4)5-6-13(14,3)10(9)2/h9-12H,5-8H2,1-4H3/t9-,10+,11+,12+,13+,14-/m0/s1. The Morgan fingerprint density at radius 1 is 1.31 bits per heavy atom. The third-order valence-corrected chi connectivity index (χ3v) is 6.08. The van der Waals surface area contributed by atoms with E-state index in [4.69, 9.17) is 9.47 Å². The van der Waals surface area contributed by atoms with Gasteiger partial charge in [-0.05, 0) is 31.1 Å². The van der Waals surface area contributed by atoms with E-state index in [1.807, 2.05) is 7.11 Å². The van der Waals surface area contributed by atoms with E-state index in [1.165, 1.54) is 19.3 Å². The summed E-state index contributed by atoms with van der Waals surface area (Å²) >= 11 is 0. The Morgan fingerprint density at radius 3 is 2.75 bits per heavy atom. The van der Waals surface area contributed by atoms with Crippen molar-refractivity contribution >= 4 is 0 Å². The first-order chi connectivity index (χ1) is 7.53. The zero-order chi connectivity index (χ0) is 11.6. The molecule has 3 aliphatic rings. The lowest BCUT2D eigenvalue weighted by molar-refractivity contribution is -0.0671. The van der Waals surface area contributed by atoms with Gasteiger partial charge in [-0.3, -0.25) is 0 Å². The molecule has 2 heteroatoms. The van der Waals surface area contributed by atoms with Gasteiger partial charge in [0.25, 0.3) is 0 Å². The van der Waals surface area contributed by atoms with Crippen LogP contribution in [0.4, 0.5) is 0 Å². The summed E-state index contributed by atoms with van der Waals surface area (Å²) in [4.78, 5) is 0. The molecule has 0 N–H and O–H groups in total. The molecule has 3 rings (SSSR count). The number of hydrogen-bond acceptors (Lipinski definition) is 2. The highest BCUT2D eigenvalue weighted by Crippen LogP contribution is 2.67. The second kappa shape index (κ2) is 3.23. The summed E-state index contributed by atoms with van der Waals surface area (Å²) in [5, 5.41) is 0. The smallest absolute Gasteiger partial charge is 0.103 e. The minimum Gasteiger partial charge on any atom is -0.381 e. The SMILES string of the molecule is CO[C@@H]1CC[C@]2(C)[C@H](C)[C@@H](C)C[C@H]3O[C@@]32C1. The van der Waals surface area contributed by atoms with E-state index < -0.39 is 0 Å². The zero-order valence-corrected chi connectivity index (χ0v) is 11.0. The molecule has 16 heavy (non-hydrogen) atoms. The fourth-order valence-corrected chi connectivity index (χ4v) is 4.47. The van der Waals surface area contributed by atoms with Gasteiger partial charge in [-0.1, -0.05) is 20.8 Å². The van der Waals surface area contributed by atoms with Crippen molar-refractivity contribution in [3.8, 4) is 0 Å². The van der Waals surface area contributed by atoms with Crippen LogP contribution < -0.4 is 0 Å². The van der Waals surface area contributed by atoms with Crippen LogP contribution >= 0.6 is 0 Å². The first-order valence-electron chi connectivity index (χ1n) is 6.74. The molecule has 0 aromatic rings. The molecule has 0 amide bonds. The summed E-state index contributed by atoms with van der Waals surface area (Å²) < 4.78 is 11.7. The first kappa shape index (κ1) is 11.0. The number of rotatable bonds is 1. The maximum atomic E-state index is 6.17. The first-order valence-corrected chi connectivity index (χ1v) is 6.74. The van der Waals surface area contributed by atoms with E-state index in [2.05, 4.69) is 20.8 Å². The highest BCUT2D eigenvalue weighted by molar-refractivity contribution is 5.20. The molecular formula is C14H24O2. The minimum absolute atomic E-state index is 0.178. The molecule has 1 saturated heterocycles. The van der Waals surface area contributed by atoms with Crippen LogP contribution in [0.5, 0.6) is 0 Å². The van der Waals surface area contributed by atoms with Crippen molar-refractivity contribution in [3.63, 3.8) is 0 Å².